The van der Waals surface area contributed by atoms with Crippen LogP contribution in [0, 0.1) is 0 Å². The molecule has 1 amide bonds. The Morgan fingerprint density at radius 2 is 1.56 bits per heavy atom. The molecule has 0 N–H and O–H groups in total. The number of carbonyl (C=O) groups excluding carboxylic acids is 1. The Hall–Kier alpha value is -3.01. The summed E-state index contributed by atoms with van der Waals surface area (Å²) in [5, 5.41) is 2.16. The van der Waals surface area contributed by atoms with Crippen LogP contribution in [-0.2, 0) is 0 Å². The Bertz CT molecular complexity index is 877. The van der Waals surface area contributed by atoms with Crippen molar-refractivity contribution in [3.05, 3.63) is 66.2 Å². The maximum atomic E-state index is 13.2. The number of fused-ring (bicyclic) bond motifs is 1. The van der Waals surface area contributed by atoms with E-state index in [0.717, 1.165) is 16.5 Å². The number of methoxy groups -OCH3 is 2. The van der Waals surface area contributed by atoms with Crippen LogP contribution in [0.1, 0.15) is 17.3 Å². The van der Waals surface area contributed by atoms with Crippen molar-refractivity contribution in [3.8, 4) is 11.5 Å². The molecule has 3 rings (SSSR count). The highest BCUT2D eigenvalue weighted by atomic mass is 16.5. The van der Waals surface area contributed by atoms with E-state index >= 15 is 0 Å². The van der Waals surface area contributed by atoms with Gasteiger partial charge >= 0.3 is 0 Å². The number of hydrogen-bond donors (Lipinski definition) is 0. The SMILES string of the molecule is CCN(C(=O)c1cc(OC)cc(OC)c1)c1cccc2ccccc12. The fraction of sp³-hybridized carbons (Fsp3) is 0.190. The van der Waals surface area contributed by atoms with Crippen LogP contribution in [0.2, 0.25) is 0 Å². The first-order chi connectivity index (χ1) is 12.2. The lowest BCUT2D eigenvalue weighted by molar-refractivity contribution is 0.0988. The minimum atomic E-state index is -0.0870. The molecule has 25 heavy (non-hydrogen) atoms. The Morgan fingerprint density at radius 3 is 2.20 bits per heavy atom. The number of hydrogen-bond acceptors (Lipinski definition) is 3. The van der Waals surface area contributed by atoms with E-state index < -0.39 is 0 Å². The van der Waals surface area contributed by atoms with Crippen LogP contribution < -0.4 is 14.4 Å². The topological polar surface area (TPSA) is 38.8 Å². The van der Waals surface area contributed by atoms with Gasteiger partial charge in [-0.25, -0.2) is 0 Å². The second-order valence-corrected chi connectivity index (χ2v) is 5.65. The van der Waals surface area contributed by atoms with Crippen molar-refractivity contribution in [3.63, 3.8) is 0 Å². The average Bonchev–Trinajstić information content (AvgIpc) is 2.68. The quantitative estimate of drug-likeness (QED) is 0.688. The molecule has 3 aromatic rings. The molecular weight excluding hydrogens is 314 g/mol. The van der Waals surface area contributed by atoms with Gasteiger partial charge in [-0.3, -0.25) is 4.79 Å². The summed E-state index contributed by atoms with van der Waals surface area (Å²) in [7, 11) is 3.15. The van der Waals surface area contributed by atoms with E-state index in [4.69, 9.17) is 9.47 Å². The van der Waals surface area contributed by atoms with Crippen molar-refractivity contribution in [1.29, 1.82) is 0 Å². The zero-order valence-electron chi connectivity index (χ0n) is 14.7. The van der Waals surface area contributed by atoms with Gasteiger partial charge in [0.25, 0.3) is 5.91 Å². The summed E-state index contributed by atoms with van der Waals surface area (Å²) < 4.78 is 10.6. The third-order valence-corrected chi connectivity index (χ3v) is 4.22. The zero-order valence-corrected chi connectivity index (χ0v) is 14.7. The number of anilines is 1. The third kappa shape index (κ3) is 3.29. The number of rotatable bonds is 5. The van der Waals surface area contributed by atoms with E-state index in [9.17, 15) is 4.79 Å². The first-order valence-electron chi connectivity index (χ1n) is 8.20. The second-order valence-electron chi connectivity index (χ2n) is 5.65. The lowest BCUT2D eigenvalue weighted by Crippen LogP contribution is -2.30. The minimum absolute atomic E-state index is 0.0870. The standard InChI is InChI=1S/C21H21NO3/c1-4-22(20-11-7-9-15-8-5-6-10-19(15)20)21(23)16-12-17(24-2)14-18(13-16)25-3/h5-14H,4H2,1-3H3. The van der Waals surface area contributed by atoms with Crippen LogP contribution in [0.3, 0.4) is 0 Å². The molecule has 0 bridgehead atoms. The molecule has 0 aliphatic heterocycles. The van der Waals surface area contributed by atoms with Crippen molar-refractivity contribution in [2.45, 2.75) is 6.92 Å². The van der Waals surface area contributed by atoms with Crippen LogP contribution in [0.15, 0.2) is 60.7 Å². The van der Waals surface area contributed by atoms with E-state index in [-0.39, 0.29) is 5.91 Å². The molecule has 0 saturated heterocycles. The third-order valence-electron chi connectivity index (χ3n) is 4.22. The van der Waals surface area contributed by atoms with Crippen molar-refractivity contribution >= 4 is 22.4 Å². The summed E-state index contributed by atoms with van der Waals surface area (Å²) in [5.74, 6) is 1.10. The first-order valence-corrected chi connectivity index (χ1v) is 8.20. The number of benzene rings is 3. The molecule has 4 heteroatoms. The monoisotopic (exact) mass is 335 g/mol. The molecule has 0 saturated carbocycles. The Kier molecular flexibility index (Phi) is 4.89. The van der Waals surface area contributed by atoms with Gasteiger partial charge in [0.15, 0.2) is 0 Å². The molecule has 0 aliphatic rings. The lowest BCUT2D eigenvalue weighted by atomic mass is 10.1. The highest BCUT2D eigenvalue weighted by Crippen LogP contribution is 2.29. The minimum Gasteiger partial charge on any atom is -0.497 e. The lowest BCUT2D eigenvalue weighted by Gasteiger charge is -2.23. The number of ether oxygens (including phenoxy) is 2. The molecule has 3 aromatic carbocycles. The van der Waals surface area contributed by atoms with E-state index in [1.807, 2.05) is 49.4 Å². The van der Waals surface area contributed by atoms with Gasteiger partial charge in [-0.15, -0.1) is 0 Å². The van der Waals surface area contributed by atoms with Gasteiger partial charge in [0.1, 0.15) is 11.5 Å². The fourth-order valence-electron chi connectivity index (χ4n) is 2.95. The van der Waals surface area contributed by atoms with Gasteiger partial charge in [0.05, 0.1) is 19.9 Å². The van der Waals surface area contributed by atoms with Gasteiger partial charge in [-0.05, 0) is 30.5 Å². The molecular formula is C21H21NO3. The normalized spacial score (nSPS) is 10.5. The number of carbonyl (C=O) groups is 1. The van der Waals surface area contributed by atoms with E-state index in [1.165, 1.54) is 0 Å². The molecule has 0 spiro atoms. The summed E-state index contributed by atoms with van der Waals surface area (Å²) in [6, 6.07) is 19.3. The highest BCUT2D eigenvalue weighted by molar-refractivity contribution is 6.11. The Balaban J connectivity index is 2.07. The Labute approximate surface area is 147 Å². The van der Waals surface area contributed by atoms with E-state index in [2.05, 4.69) is 0 Å². The summed E-state index contributed by atoms with van der Waals surface area (Å²) in [5.41, 5.74) is 1.43. The predicted molar refractivity (Wildman–Crippen MR) is 101 cm³/mol. The van der Waals surface area contributed by atoms with Crippen molar-refractivity contribution in [1.82, 2.24) is 0 Å². The van der Waals surface area contributed by atoms with Crippen LogP contribution in [0.4, 0.5) is 5.69 Å². The van der Waals surface area contributed by atoms with Gasteiger partial charge in [-0.1, -0.05) is 36.4 Å². The number of nitrogens with zero attached hydrogens (tertiary/aromatic N) is 1. The van der Waals surface area contributed by atoms with Crippen LogP contribution in [0.5, 0.6) is 11.5 Å². The Morgan fingerprint density at radius 1 is 0.920 bits per heavy atom. The second kappa shape index (κ2) is 7.26. The van der Waals surface area contributed by atoms with E-state index in [1.54, 1.807) is 37.3 Å². The molecule has 0 heterocycles. The van der Waals surface area contributed by atoms with E-state index in [0.29, 0.717) is 23.6 Å². The molecule has 0 fully saturated rings. The predicted octanol–water partition coefficient (Wildman–Crippen LogP) is 4.52. The van der Waals surface area contributed by atoms with Gasteiger partial charge in [0.2, 0.25) is 0 Å². The molecule has 4 nitrogen and oxygen atoms in total. The van der Waals surface area contributed by atoms with Crippen molar-refractivity contribution in [2.75, 3.05) is 25.7 Å². The summed E-state index contributed by atoms with van der Waals surface area (Å²) in [6.45, 7) is 2.53. The maximum absolute atomic E-state index is 13.2. The highest BCUT2D eigenvalue weighted by Gasteiger charge is 2.19. The largest absolute Gasteiger partial charge is 0.497 e. The van der Waals surface area contributed by atoms with Crippen molar-refractivity contribution < 1.29 is 14.3 Å². The van der Waals surface area contributed by atoms with Crippen LogP contribution in [-0.4, -0.2) is 26.7 Å². The summed E-state index contributed by atoms with van der Waals surface area (Å²) in [6.07, 6.45) is 0. The molecule has 0 unspecified atom stereocenters. The number of amides is 1. The molecule has 0 radical (unpaired) electrons. The fourth-order valence-corrected chi connectivity index (χ4v) is 2.95. The van der Waals surface area contributed by atoms with Gasteiger partial charge < -0.3 is 14.4 Å². The molecule has 128 valence electrons. The maximum Gasteiger partial charge on any atom is 0.258 e. The smallest absolute Gasteiger partial charge is 0.258 e. The van der Waals surface area contributed by atoms with Gasteiger partial charge in [-0.2, -0.15) is 0 Å². The van der Waals surface area contributed by atoms with Crippen LogP contribution >= 0.6 is 0 Å². The molecule has 0 aliphatic carbocycles. The summed E-state index contributed by atoms with van der Waals surface area (Å²) in [4.78, 5) is 14.9. The van der Waals surface area contributed by atoms with Gasteiger partial charge in [0, 0.05) is 23.6 Å². The van der Waals surface area contributed by atoms with Crippen molar-refractivity contribution in [2.24, 2.45) is 0 Å². The average molecular weight is 335 g/mol. The molecule has 0 aromatic heterocycles. The zero-order chi connectivity index (χ0) is 17.8. The van der Waals surface area contributed by atoms with Crippen LogP contribution in [0.25, 0.3) is 10.8 Å². The summed E-state index contributed by atoms with van der Waals surface area (Å²) >= 11 is 0. The molecule has 0 atom stereocenters. The first kappa shape index (κ1) is 16.8.